The van der Waals surface area contributed by atoms with Crippen molar-refractivity contribution in [2.24, 2.45) is 5.11 Å². The first-order valence-corrected chi connectivity index (χ1v) is 8.80. The van der Waals surface area contributed by atoms with Crippen LogP contribution >= 0.6 is 7.82 Å². The molecule has 0 aromatic carbocycles. The van der Waals surface area contributed by atoms with Crippen LogP contribution in [0.15, 0.2) is 5.11 Å². The molecule has 130 valence electrons. The van der Waals surface area contributed by atoms with Crippen LogP contribution in [0, 0.1) is 0 Å². The molecule has 2 rings (SSSR count). The lowest BCUT2D eigenvalue weighted by atomic mass is 9.96. The first-order chi connectivity index (χ1) is 11.3. The number of phosphoric ester groups is 1. The van der Waals surface area contributed by atoms with Crippen LogP contribution in [0.2, 0.25) is 0 Å². The van der Waals surface area contributed by atoms with Crippen LogP contribution in [-0.2, 0) is 27.8 Å². The molecule has 10 nitrogen and oxygen atoms in total. The third-order valence-corrected chi connectivity index (χ3v) is 4.74. The zero-order valence-electron chi connectivity index (χ0n) is 13.1. The van der Waals surface area contributed by atoms with Gasteiger partial charge in [-0.25, -0.2) is 0 Å². The number of phosphoric acid groups is 1. The van der Waals surface area contributed by atoms with E-state index in [9.17, 15) is 9.46 Å². The largest absolute Gasteiger partial charge is 0.756 e. The van der Waals surface area contributed by atoms with Gasteiger partial charge in [0.1, 0.15) is 21.8 Å². The van der Waals surface area contributed by atoms with Crippen molar-refractivity contribution in [3.05, 3.63) is 10.4 Å². The van der Waals surface area contributed by atoms with Crippen molar-refractivity contribution in [1.29, 1.82) is 0 Å². The molecule has 2 fully saturated rings. The molecule has 2 heterocycles. The molecule has 2 aliphatic heterocycles. The summed E-state index contributed by atoms with van der Waals surface area (Å²) in [4.78, 5) is 14.6. The molecule has 0 bridgehead atoms. The Balaban J connectivity index is 1.88. The van der Waals surface area contributed by atoms with Crippen LogP contribution in [0.1, 0.15) is 12.8 Å². The van der Waals surface area contributed by atoms with E-state index in [0.29, 0.717) is 6.42 Å². The van der Waals surface area contributed by atoms with Gasteiger partial charge in [0.15, 0.2) is 0 Å². The van der Waals surface area contributed by atoms with Gasteiger partial charge in [0.05, 0.1) is 31.5 Å². The Kier molecular flexibility index (Phi) is 7.15. The third kappa shape index (κ3) is 5.47. The summed E-state index contributed by atoms with van der Waals surface area (Å²) in [6.07, 6.45) is -2.05. The van der Waals surface area contributed by atoms with E-state index in [1.807, 2.05) is 0 Å². The molecule has 0 aromatic rings. The first-order valence-electron chi connectivity index (χ1n) is 7.34. The van der Waals surface area contributed by atoms with Gasteiger partial charge in [-0.2, -0.15) is 0 Å². The molecule has 2 aliphatic rings. The second-order valence-electron chi connectivity index (χ2n) is 5.47. The lowest BCUT2D eigenvalue weighted by Crippen LogP contribution is -2.31. The van der Waals surface area contributed by atoms with Gasteiger partial charge in [-0.3, -0.25) is 4.57 Å². The van der Waals surface area contributed by atoms with Gasteiger partial charge in [0.25, 0.3) is 7.82 Å². The van der Waals surface area contributed by atoms with Crippen LogP contribution in [0.25, 0.3) is 10.4 Å². The number of rotatable bonds is 8. The van der Waals surface area contributed by atoms with Gasteiger partial charge in [-0.15, -0.1) is 0 Å². The Labute approximate surface area is 142 Å². The van der Waals surface area contributed by atoms with Gasteiger partial charge in [0, 0.05) is 24.0 Å². The second kappa shape index (κ2) is 8.69. The number of hydrogen-bond donors (Lipinski definition) is 0. The highest BCUT2D eigenvalue weighted by molar-refractivity contribution is 7.45. The van der Waals surface area contributed by atoms with E-state index in [4.69, 9.17) is 44.5 Å². The molecule has 0 aliphatic carbocycles. The number of methoxy groups -OCH3 is 1. The van der Waals surface area contributed by atoms with Gasteiger partial charge in [-0.1, -0.05) is 5.11 Å². The Morgan fingerprint density at radius 2 is 1.92 bits per heavy atom. The lowest BCUT2D eigenvalue weighted by Gasteiger charge is -2.29. The van der Waals surface area contributed by atoms with Crippen molar-refractivity contribution in [2.75, 3.05) is 20.3 Å². The van der Waals surface area contributed by atoms with Crippen molar-refractivity contribution >= 4 is 23.5 Å². The maximum atomic E-state index is 12.0. The maximum absolute atomic E-state index is 12.0. The zero-order chi connectivity index (χ0) is 17.7. The van der Waals surface area contributed by atoms with Crippen LogP contribution in [-0.4, -0.2) is 72.4 Å². The van der Waals surface area contributed by atoms with E-state index in [1.54, 1.807) is 0 Å². The summed E-state index contributed by atoms with van der Waals surface area (Å²) in [5.74, 6) is 0. The lowest BCUT2D eigenvalue weighted by molar-refractivity contribution is -0.233. The third-order valence-electron chi connectivity index (χ3n) is 3.75. The quantitative estimate of drug-likeness (QED) is 0.192. The van der Waals surface area contributed by atoms with Gasteiger partial charge < -0.3 is 28.2 Å². The fourth-order valence-corrected chi connectivity index (χ4v) is 3.58. The number of azide groups is 1. The molecule has 0 aromatic heterocycles. The van der Waals surface area contributed by atoms with E-state index < -0.39 is 38.1 Å². The first kappa shape index (κ1) is 19.8. The number of hydrogen-bond acceptors (Lipinski definition) is 8. The molecule has 7 atom stereocenters. The molecular weight excluding hydrogens is 339 g/mol. The fourth-order valence-electron chi connectivity index (χ4n) is 2.64. The summed E-state index contributed by atoms with van der Waals surface area (Å²) in [7, 11) is 8.08. The Morgan fingerprint density at radius 1 is 1.29 bits per heavy atom. The van der Waals surface area contributed by atoms with E-state index in [0.717, 1.165) is 0 Å². The highest BCUT2D eigenvalue weighted by Gasteiger charge is 2.37. The summed E-state index contributed by atoms with van der Waals surface area (Å²) in [6, 6.07) is -1.24. The van der Waals surface area contributed by atoms with E-state index in [-0.39, 0.29) is 25.7 Å². The molecule has 0 amide bonds. The maximum Gasteiger partial charge on any atom is 0.268 e. The van der Waals surface area contributed by atoms with Crippen molar-refractivity contribution in [2.45, 2.75) is 49.3 Å². The SMILES string of the molecule is [B][C@H]1CC(OC)[C@@H](COP(=O)([O-])OC2C[C@H]([B])O[C@@H]2CN=[N+]=[N-])O1. The van der Waals surface area contributed by atoms with Crippen LogP contribution in [0.4, 0.5) is 0 Å². The predicted molar refractivity (Wildman–Crippen MR) is 81.3 cm³/mol. The molecule has 3 unspecified atom stereocenters. The Bertz CT molecular complexity index is 524. The number of nitrogens with zero attached hydrogens (tertiary/aromatic N) is 3. The smallest absolute Gasteiger partial charge is 0.268 e. The van der Waals surface area contributed by atoms with Gasteiger partial charge >= 0.3 is 0 Å². The second-order valence-corrected chi connectivity index (χ2v) is 6.84. The topological polar surface area (TPSA) is 135 Å². The van der Waals surface area contributed by atoms with Gasteiger partial charge in [-0.05, 0) is 18.4 Å². The molecule has 2 saturated heterocycles. The standard InChI is InChI=1S/C11H18B2N3O7P/c1-19-6-2-10(12)22-9(6)5-20-24(17,18)23-7-3-11(13)21-8(7)4-15-16-14/h6-11H,2-5H2,1H3,(H,17,18)/p-1/t6?,7?,8-,9-,10-,11-/m1/s1. The highest BCUT2D eigenvalue weighted by Crippen LogP contribution is 2.44. The fraction of sp³-hybridized carbons (Fsp3) is 1.00. The summed E-state index contributed by atoms with van der Waals surface area (Å²) in [6.45, 7) is -0.380. The molecule has 0 N–H and O–H groups in total. The Hall–Kier alpha value is -0.570. The molecule has 4 radical (unpaired) electrons. The van der Waals surface area contributed by atoms with Crippen molar-refractivity contribution in [3.63, 3.8) is 0 Å². The summed E-state index contributed by atoms with van der Waals surface area (Å²) in [5, 5.41) is 3.34. The zero-order valence-corrected chi connectivity index (χ0v) is 14.0. The molecular formula is C11H17B2N3O7P-. The van der Waals surface area contributed by atoms with Crippen LogP contribution in [0.5, 0.6) is 0 Å². The van der Waals surface area contributed by atoms with Crippen molar-refractivity contribution in [3.8, 4) is 0 Å². The molecule has 0 saturated carbocycles. The van der Waals surface area contributed by atoms with E-state index in [2.05, 4.69) is 10.0 Å². The van der Waals surface area contributed by atoms with Crippen LogP contribution < -0.4 is 4.89 Å². The average molecular weight is 356 g/mol. The van der Waals surface area contributed by atoms with E-state index >= 15 is 0 Å². The minimum atomic E-state index is -4.64. The van der Waals surface area contributed by atoms with Gasteiger partial charge in [0.2, 0.25) is 0 Å². The van der Waals surface area contributed by atoms with Crippen molar-refractivity contribution < 1.29 is 32.7 Å². The number of ether oxygens (including phenoxy) is 3. The summed E-state index contributed by atoms with van der Waals surface area (Å²) < 4.78 is 37.6. The molecule has 24 heavy (non-hydrogen) atoms. The van der Waals surface area contributed by atoms with Crippen LogP contribution in [0.3, 0.4) is 0 Å². The van der Waals surface area contributed by atoms with Crippen molar-refractivity contribution in [1.82, 2.24) is 0 Å². The monoisotopic (exact) mass is 356 g/mol. The minimum Gasteiger partial charge on any atom is -0.756 e. The summed E-state index contributed by atoms with van der Waals surface area (Å²) in [5.41, 5.74) is 8.34. The molecule has 0 spiro atoms. The predicted octanol–water partition coefficient (Wildman–Crippen LogP) is -0.251. The Morgan fingerprint density at radius 3 is 2.54 bits per heavy atom. The van der Waals surface area contributed by atoms with E-state index in [1.165, 1.54) is 7.11 Å². The normalized spacial score (nSPS) is 38.6. The summed E-state index contributed by atoms with van der Waals surface area (Å²) >= 11 is 0. The minimum absolute atomic E-state index is 0.0960. The average Bonchev–Trinajstić information content (AvgIpc) is 3.04. The molecule has 13 heteroatoms. The highest BCUT2D eigenvalue weighted by atomic mass is 31.2.